The summed E-state index contributed by atoms with van der Waals surface area (Å²) < 4.78 is 0. The molecule has 0 heterocycles. The SMILES string of the molecule is CC(C)(C)C1CCC(NC(=O)c2ccccc2)CC1. The van der Waals surface area contributed by atoms with Crippen LogP contribution in [0.25, 0.3) is 0 Å². The molecule has 0 saturated heterocycles. The molecule has 2 heteroatoms. The molecule has 0 bridgehead atoms. The molecule has 1 aromatic rings. The molecule has 0 spiro atoms. The van der Waals surface area contributed by atoms with Gasteiger partial charge < -0.3 is 5.32 Å². The lowest BCUT2D eigenvalue weighted by Gasteiger charge is -2.37. The van der Waals surface area contributed by atoms with Crippen molar-refractivity contribution in [3.8, 4) is 0 Å². The van der Waals surface area contributed by atoms with Gasteiger partial charge in [-0.15, -0.1) is 0 Å². The van der Waals surface area contributed by atoms with E-state index in [9.17, 15) is 4.79 Å². The first kappa shape index (κ1) is 14.1. The Balaban J connectivity index is 1.85. The summed E-state index contributed by atoms with van der Waals surface area (Å²) in [4.78, 5) is 12.1. The molecule has 1 N–H and O–H groups in total. The molecule has 104 valence electrons. The molecular formula is C17H25NO. The molecule has 0 aromatic heterocycles. The van der Waals surface area contributed by atoms with Crippen LogP contribution in [-0.2, 0) is 0 Å². The van der Waals surface area contributed by atoms with Crippen LogP contribution in [0.15, 0.2) is 30.3 Å². The number of amides is 1. The first-order valence-electron chi connectivity index (χ1n) is 7.33. The van der Waals surface area contributed by atoms with Crippen LogP contribution >= 0.6 is 0 Å². The molecule has 0 unspecified atom stereocenters. The minimum Gasteiger partial charge on any atom is -0.349 e. The molecule has 0 radical (unpaired) electrons. The Labute approximate surface area is 116 Å². The number of hydrogen-bond acceptors (Lipinski definition) is 1. The van der Waals surface area contributed by atoms with E-state index in [1.807, 2.05) is 30.3 Å². The first-order valence-corrected chi connectivity index (χ1v) is 7.33. The van der Waals surface area contributed by atoms with Crippen LogP contribution in [0.5, 0.6) is 0 Å². The van der Waals surface area contributed by atoms with E-state index in [-0.39, 0.29) is 5.91 Å². The zero-order valence-electron chi connectivity index (χ0n) is 12.3. The smallest absolute Gasteiger partial charge is 0.251 e. The van der Waals surface area contributed by atoms with E-state index in [0.29, 0.717) is 11.5 Å². The summed E-state index contributed by atoms with van der Waals surface area (Å²) in [5.74, 6) is 0.859. The van der Waals surface area contributed by atoms with Crippen LogP contribution in [0.2, 0.25) is 0 Å². The van der Waals surface area contributed by atoms with E-state index in [1.165, 1.54) is 12.8 Å². The van der Waals surface area contributed by atoms with E-state index in [4.69, 9.17) is 0 Å². The van der Waals surface area contributed by atoms with E-state index < -0.39 is 0 Å². The fraction of sp³-hybridized carbons (Fsp3) is 0.588. The Hall–Kier alpha value is -1.31. The molecule has 2 nitrogen and oxygen atoms in total. The highest BCUT2D eigenvalue weighted by molar-refractivity contribution is 5.94. The van der Waals surface area contributed by atoms with Gasteiger partial charge in [0.1, 0.15) is 0 Å². The third kappa shape index (κ3) is 3.82. The Morgan fingerprint density at radius 3 is 2.16 bits per heavy atom. The number of hydrogen-bond donors (Lipinski definition) is 1. The molecule has 0 aliphatic heterocycles. The van der Waals surface area contributed by atoms with Gasteiger partial charge in [0.25, 0.3) is 5.91 Å². The summed E-state index contributed by atoms with van der Waals surface area (Å²) in [6.45, 7) is 6.96. The standard InChI is InChI=1S/C17H25NO/c1-17(2,3)14-9-11-15(12-10-14)18-16(19)13-7-5-4-6-8-13/h4-8,14-15H,9-12H2,1-3H3,(H,18,19). The molecule has 2 rings (SSSR count). The summed E-state index contributed by atoms with van der Waals surface area (Å²) in [5, 5.41) is 3.17. The monoisotopic (exact) mass is 259 g/mol. The van der Waals surface area contributed by atoms with Crippen LogP contribution < -0.4 is 5.32 Å². The van der Waals surface area contributed by atoms with Gasteiger partial charge in [0.2, 0.25) is 0 Å². The van der Waals surface area contributed by atoms with Gasteiger partial charge in [-0.05, 0) is 49.1 Å². The zero-order chi connectivity index (χ0) is 13.9. The van der Waals surface area contributed by atoms with Gasteiger partial charge in [0.15, 0.2) is 0 Å². The lowest BCUT2D eigenvalue weighted by atomic mass is 9.71. The summed E-state index contributed by atoms with van der Waals surface area (Å²) in [6, 6.07) is 9.85. The fourth-order valence-electron chi connectivity index (χ4n) is 2.96. The predicted octanol–water partition coefficient (Wildman–Crippen LogP) is 4.02. The van der Waals surface area contributed by atoms with Crippen LogP contribution in [0.4, 0.5) is 0 Å². The number of benzene rings is 1. The van der Waals surface area contributed by atoms with E-state index in [1.54, 1.807) is 0 Å². The second-order valence-corrected chi connectivity index (χ2v) is 6.75. The van der Waals surface area contributed by atoms with Crippen molar-refractivity contribution in [3.05, 3.63) is 35.9 Å². The Bertz CT molecular complexity index is 411. The highest BCUT2D eigenvalue weighted by atomic mass is 16.1. The quantitative estimate of drug-likeness (QED) is 0.854. The molecule has 19 heavy (non-hydrogen) atoms. The van der Waals surface area contributed by atoms with Crippen LogP contribution in [0.1, 0.15) is 56.8 Å². The molecular weight excluding hydrogens is 234 g/mol. The number of nitrogens with one attached hydrogen (secondary N) is 1. The Kier molecular flexibility index (Phi) is 4.28. The summed E-state index contributed by atoms with van der Waals surface area (Å²) in [5.41, 5.74) is 1.16. The van der Waals surface area contributed by atoms with Gasteiger partial charge in [0, 0.05) is 11.6 Å². The van der Waals surface area contributed by atoms with E-state index >= 15 is 0 Å². The van der Waals surface area contributed by atoms with E-state index in [2.05, 4.69) is 26.1 Å². The van der Waals surface area contributed by atoms with Crippen molar-refractivity contribution in [2.75, 3.05) is 0 Å². The van der Waals surface area contributed by atoms with Crippen LogP contribution in [0, 0.1) is 11.3 Å². The van der Waals surface area contributed by atoms with Crippen molar-refractivity contribution in [1.29, 1.82) is 0 Å². The van der Waals surface area contributed by atoms with Gasteiger partial charge in [-0.25, -0.2) is 0 Å². The third-order valence-corrected chi connectivity index (χ3v) is 4.32. The second-order valence-electron chi connectivity index (χ2n) is 6.75. The molecule has 1 amide bonds. The molecule has 1 aromatic carbocycles. The van der Waals surface area contributed by atoms with Gasteiger partial charge in [-0.2, -0.15) is 0 Å². The van der Waals surface area contributed by atoms with Crippen molar-refractivity contribution < 1.29 is 4.79 Å². The zero-order valence-corrected chi connectivity index (χ0v) is 12.3. The van der Waals surface area contributed by atoms with Crippen LogP contribution in [-0.4, -0.2) is 11.9 Å². The third-order valence-electron chi connectivity index (χ3n) is 4.32. The molecule has 1 aliphatic carbocycles. The first-order chi connectivity index (χ1) is 8.97. The van der Waals surface area contributed by atoms with Gasteiger partial charge >= 0.3 is 0 Å². The number of carbonyl (C=O) groups is 1. The predicted molar refractivity (Wildman–Crippen MR) is 79.1 cm³/mol. The lowest BCUT2D eigenvalue weighted by Crippen LogP contribution is -2.39. The molecule has 0 atom stereocenters. The Morgan fingerprint density at radius 2 is 1.63 bits per heavy atom. The highest BCUT2D eigenvalue weighted by Gasteiger charge is 2.30. The second kappa shape index (κ2) is 5.77. The molecule has 1 saturated carbocycles. The van der Waals surface area contributed by atoms with Gasteiger partial charge in [-0.3, -0.25) is 4.79 Å². The van der Waals surface area contributed by atoms with Crippen LogP contribution in [0.3, 0.4) is 0 Å². The van der Waals surface area contributed by atoms with E-state index in [0.717, 1.165) is 24.3 Å². The molecule has 1 aliphatic rings. The lowest BCUT2D eigenvalue weighted by molar-refractivity contribution is 0.0904. The van der Waals surface area contributed by atoms with Crippen molar-refractivity contribution in [2.24, 2.45) is 11.3 Å². The molecule has 1 fully saturated rings. The summed E-state index contributed by atoms with van der Waals surface area (Å²) >= 11 is 0. The normalized spacial score (nSPS) is 23.9. The maximum atomic E-state index is 12.1. The average molecular weight is 259 g/mol. The minimum absolute atomic E-state index is 0.0693. The minimum atomic E-state index is 0.0693. The average Bonchev–Trinajstić information content (AvgIpc) is 2.39. The van der Waals surface area contributed by atoms with Crippen molar-refractivity contribution in [3.63, 3.8) is 0 Å². The van der Waals surface area contributed by atoms with Crippen molar-refractivity contribution >= 4 is 5.91 Å². The topological polar surface area (TPSA) is 29.1 Å². The summed E-state index contributed by atoms with van der Waals surface area (Å²) in [6.07, 6.45) is 4.67. The summed E-state index contributed by atoms with van der Waals surface area (Å²) in [7, 11) is 0. The highest BCUT2D eigenvalue weighted by Crippen LogP contribution is 2.37. The number of rotatable bonds is 2. The number of carbonyl (C=O) groups excluding carboxylic acids is 1. The Morgan fingerprint density at radius 1 is 1.05 bits per heavy atom. The maximum absolute atomic E-state index is 12.1. The van der Waals surface area contributed by atoms with Gasteiger partial charge in [0.05, 0.1) is 0 Å². The van der Waals surface area contributed by atoms with Gasteiger partial charge in [-0.1, -0.05) is 39.0 Å². The van der Waals surface area contributed by atoms with Crippen molar-refractivity contribution in [1.82, 2.24) is 5.32 Å². The van der Waals surface area contributed by atoms with Crippen molar-refractivity contribution in [2.45, 2.75) is 52.5 Å². The maximum Gasteiger partial charge on any atom is 0.251 e. The largest absolute Gasteiger partial charge is 0.349 e. The fourth-order valence-corrected chi connectivity index (χ4v) is 2.96.